The third-order valence-corrected chi connectivity index (χ3v) is 8.34. The first-order valence-electron chi connectivity index (χ1n) is 8.55. The summed E-state index contributed by atoms with van der Waals surface area (Å²) in [7, 11) is -3.75. The molecule has 1 aliphatic rings. The third-order valence-electron chi connectivity index (χ3n) is 4.44. The molecule has 28 heavy (non-hydrogen) atoms. The van der Waals surface area contributed by atoms with Crippen LogP contribution in [0.25, 0.3) is 0 Å². The molecule has 0 radical (unpaired) electrons. The van der Waals surface area contributed by atoms with Crippen LogP contribution >= 0.6 is 22.9 Å². The predicted octanol–water partition coefficient (Wildman–Crippen LogP) is 1.62. The fourth-order valence-corrected chi connectivity index (χ4v) is 5.85. The van der Waals surface area contributed by atoms with E-state index in [1.807, 2.05) is 6.92 Å². The van der Waals surface area contributed by atoms with Gasteiger partial charge in [0.1, 0.15) is 5.75 Å². The van der Waals surface area contributed by atoms with Crippen LogP contribution in [-0.4, -0.2) is 61.3 Å². The van der Waals surface area contributed by atoms with Crippen LogP contribution in [0.3, 0.4) is 0 Å². The van der Waals surface area contributed by atoms with Crippen molar-refractivity contribution in [3.8, 4) is 5.75 Å². The van der Waals surface area contributed by atoms with Gasteiger partial charge in [0.05, 0.1) is 0 Å². The molecule has 2 aromatic rings. The van der Waals surface area contributed by atoms with E-state index >= 15 is 0 Å². The largest absolute Gasteiger partial charge is 0.484 e. The van der Waals surface area contributed by atoms with E-state index in [-0.39, 0.29) is 42.9 Å². The molecule has 2 heterocycles. The zero-order valence-corrected chi connectivity index (χ0v) is 17.8. The highest BCUT2D eigenvalue weighted by molar-refractivity contribution is 7.91. The van der Waals surface area contributed by atoms with Crippen molar-refractivity contribution in [2.24, 2.45) is 0 Å². The number of aromatic amines is 1. The van der Waals surface area contributed by atoms with Gasteiger partial charge in [0, 0.05) is 36.9 Å². The Balaban J connectivity index is 1.57. The van der Waals surface area contributed by atoms with Gasteiger partial charge in [0.15, 0.2) is 10.8 Å². The molecule has 1 amide bonds. The normalized spacial score (nSPS) is 15.6. The molecule has 152 valence electrons. The number of piperazine rings is 1. The average molecular weight is 446 g/mol. The van der Waals surface area contributed by atoms with Gasteiger partial charge in [-0.3, -0.25) is 9.59 Å². The van der Waals surface area contributed by atoms with Crippen LogP contribution < -0.4 is 9.61 Å². The zero-order valence-electron chi connectivity index (χ0n) is 15.4. The van der Waals surface area contributed by atoms with Crippen molar-refractivity contribution >= 4 is 38.9 Å². The lowest BCUT2D eigenvalue weighted by atomic mass is 10.2. The minimum absolute atomic E-state index is 0.0266. The minimum atomic E-state index is -3.75. The maximum absolute atomic E-state index is 12.7. The second kappa shape index (κ2) is 8.24. The van der Waals surface area contributed by atoms with Gasteiger partial charge >= 0.3 is 4.87 Å². The van der Waals surface area contributed by atoms with Gasteiger partial charge in [0.25, 0.3) is 15.9 Å². The second-order valence-corrected chi connectivity index (χ2v) is 9.94. The Bertz CT molecular complexity index is 1040. The van der Waals surface area contributed by atoms with E-state index in [9.17, 15) is 18.0 Å². The quantitative estimate of drug-likeness (QED) is 0.753. The maximum atomic E-state index is 12.7. The monoisotopic (exact) mass is 445 g/mol. The molecule has 0 atom stereocenters. The summed E-state index contributed by atoms with van der Waals surface area (Å²) in [4.78, 5) is 27.4. The number of hydrogen-bond donors (Lipinski definition) is 1. The Morgan fingerprint density at radius 1 is 1.25 bits per heavy atom. The summed E-state index contributed by atoms with van der Waals surface area (Å²) >= 11 is 6.65. The highest BCUT2D eigenvalue weighted by atomic mass is 35.5. The molecule has 1 aliphatic heterocycles. The van der Waals surface area contributed by atoms with Crippen LogP contribution in [-0.2, 0) is 14.8 Å². The standard InChI is InChI=1S/C17H20ClN3O5S2/c1-11-9-13(3-4-14(11)18)26-10-15(22)20-5-7-21(8-6-20)28(24,25)16-12(2)19-17(23)27-16/h3-4,9H,5-8,10H2,1-2H3,(H,19,23). The Labute approximate surface area is 171 Å². The van der Waals surface area contributed by atoms with Crippen molar-refractivity contribution < 1.29 is 17.9 Å². The molecule has 0 aliphatic carbocycles. The number of carbonyl (C=O) groups excluding carboxylic acids is 1. The van der Waals surface area contributed by atoms with Gasteiger partial charge < -0.3 is 14.6 Å². The first kappa shape index (κ1) is 20.8. The lowest BCUT2D eigenvalue weighted by molar-refractivity contribution is -0.134. The van der Waals surface area contributed by atoms with E-state index in [2.05, 4.69) is 4.98 Å². The number of sulfonamides is 1. The van der Waals surface area contributed by atoms with Gasteiger partial charge in [-0.2, -0.15) is 4.31 Å². The summed E-state index contributed by atoms with van der Waals surface area (Å²) in [6.45, 7) is 4.13. The van der Waals surface area contributed by atoms with E-state index in [1.165, 1.54) is 4.31 Å². The summed E-state index contributed by atoms with van der Waals surface area (Å²) in [6.07, 6.45) is 0. The topological polar surface area (TPSA) is 99.8 Å². The SMILES string of the molecule is Cc1cc(OCC(=O)N2CCN(S(=O)(=O)c3sc(=O)[nH]c3C)CC2)ccc1Cl. The molecule has 1 aromatic carbocycles. The first-order chi connectivity index (χ1) is 13.2. The number of carbonyl (C=O) groups is 1. The molecule has 3 rings (SSSR count). The minimum Gasteiger partial charge on any atom is -0.484 e. The molecule has 0 bridgehead atoms. The number of amides is 1. The van der Waals surface area contributed by atoms with Crippen LogP contribution in [0.2, 0.25) is 5.02 Å². The number of nitrogens with zero attached hydrogens (tertiary/aromatic N) is 2. The van der Waals surface area contributed by atoms with Crippen LogP contribution in [0.4, 0.5) is 0 Å². The number of benzene rings is 1. The summed E-state index contributed by atoms with van der Waals surface area (Å²) in [5.74, 6) is 0.335. The first-order valence-corrected chi connectivity index (χ1v) is 11.2. The van der Waals surface area contributed by atoms with Crippen molar-refractivity contribution in [2.75, 3.05) is 32.8 Å². The smallest absolute Gasteiger partial charge is 0.305 e. The van der Waals surface area contributed by atoms with Gasteiger partial charge in [-0.25, -0.2) is 8.42 Å². The number of rotatable bonds is 5. The molecule has 1 aromatic heterocycles. The molecule has 8 nitrogen and oxygen atoms in total. The van der Waals surface area contributed by atoms with Crippen LogP contribution in [0.5, 0.6) is 5.75 Å². The van der Waals surface area contributed by atoms with E-state index < -0.39 is 14.9 Å². The number of aromatic nitrogens is 1. The van der Waals surface area contributed by atoms with Crippen molar-refractivity contribution in [3.63, 3.8) is 0 Å². The van der Waals surface area contributed by atoms with Gasteiger partial charge in [0.2, 0.25) is 0 Å². The average Bonchev–Trinajstić information content (AvgIpc) is 3.01. The van der Waals surface area contributed by atoms with Crippen LogP contribution in [0.1, 0.15) is 11.3 Å². The molecule has 1 N–H and O–H groups in total. The van der Waals surface area contributed by atoms with Gasteiger partial charge in [-0.15, -0.1) is 0 Å². The fourth-order valence-electron chi connectivity index (χ4n) is 2.87. The van der Waals surface area contributed by atoms with E-state index in [0.29, 0.717) is 27.8 Å². The van der Waals surface area contributed by atoms with E-state index in [0.717, 1.165) is 5.56 Å². The van der Waals surface area contributed by atoms with Crippen molar-refractivity contribution in [1.29, 1.82) is 0 Å². The number of hydrogen-bond acceptors (Lipinski definition) is 6. The maximum Gasteiger partial charge on any atom is 0.305 e. The molecule has 1 fully saturated rings. The third kappa shape index (κ3) is 4.40. The van der Waals surface area contributed by atoms with Crippen molar-refractivity contribution in [1.82, 2.24) is 14.2 Å². The Morgan fingerprint density at radius 3 is 2.50 bits per heavy atom. The molecule has 11 heteroatoms. The fraction of sp³-hybridized carbons (Fsp3) is 0.412. The van der Waals surface area contributed by atoms with Crippen LogP contribution in [0.15, 0.2) is 27.2 Å². The second-order valence-electron chi connectivity index (χ2n) is 6.41. The number of thiazole rings is 1. The van der Waals surface area contributed by atoms with Crippen LogP contribution in [0, 0.1) is 13.8 Å². The van der Waals surface area contributed by atoms with Gasteiger partial charge in [-0.1, -0.05) is 22.9 Å². The van der Waals surface area contributed by atoms with Gasteiger partial charge in [-0.05, 0) is 37.6 Å². The lowest BCUT2D eigenvalue weighted by Gasteiger charge is -2.33. The Hall–Kier alpha value is -1.88. The molecule has 1 saturated heterocycles. The highest BCUT2D eigenvalue weighted by Gasteiger charge is 2.32. The van der Waals surface area contributed by atoms with E-state index in [4.69, 9.17) is 16.3 Å². The summed E-state index contributed by atoms with van der Waals surface area (Å²) < 4.78 is 32.3. The summed E-state index contributed by atoms with van der Waals surface area (Å²) in [6, 6.07) is 5.15. The van der Waals surface area contributed by atoms with Crippen molar-refractivity contribution in [2.45, 2.75) is 18.1 Å². The highest BCUT2D eigenvalue weighted by Crippen LogP contribution is 2.23. The number of nitrogens with one attached hydrogen (secondary N) is 1. The number of halogens is 1. The predicted molar refractivity (Wildman–Crippen MR) is 107 cm³/mol. The molecular formula is C17H20ClN3O5S2. The number of aryl methyl sites for hydroxylation is 2. The summed E-state index contributed by atoms with van der Waals surface area (Å²) in [5, 5.41) is 0.624. The lowest BCUT2D eigenvalue weighted by Crippen LogP contribution is -2.51. The Kier molecular flexibility index (Phi) is 6.13. The number of H-pyrrole nitrogens is 1. The Morgan fingerprint density at radius 2 is 1.93 bits per heavy atom. The van der Waals surface area contributed by atoms with Crippen molar-refractivity contribution in [3.05, 3.63) is 44.1 Å². The molecule has 0 spiro atoms. The van der Waals surface area contributed by atoms with E-state index in [1.54, 1.807) is 30.0 Å². The molecule has 0 unspecified atom stereocenters. The summed E-state index contributed by atoms with van der Waals surface area (Å²) in [5.41, 5.74) is 1.19. The molecule has 0 saturated carbocycles. The number of ether oxygens (including phenoxy) is 1. The zero-order chi connectivity index (χ0) is 20.5. The molecular weight excluding hydrogens is 426 g/mol.